The maximum atomic E-state index is 10.9. The molecule has 174 valence electrons. The van der Waals surface area contributed by atoms with Crippen LogP contribution in [0, 0.1) is 0 Å². The van der Waals surface area contributed by atoms with Gasteiger partial charge in [-0.25, -0.2) is 4.98 Å². The summed E-state index contributed by atoms with van der Waals surface area (Å²) in [5, 5.41) is 10.9. The molecule has 0 aliphatic heterocycles. The molecular weight excluding hydrogens is 424 g/mol. The van der Waals surface area contributed by atoms with Crippen molar-refractivity contribution in [3.63, 3.8) is 0 Å². The van der Waals surface area contributed by atoms with E-state index in [4.69, 9.17) is 14.5 Å². The molecule has 2 aromatic carbocycles. The highest BCUT2D eigenvalue weighted by Crippen LogP contribution is 2.36. The Morgan fingerprint density at radius 1 is 1.12 bits per heavy atom. The number of ether oxygens (including phenoxy) is 2. The van der Waals surface area contributed by atoms with Crippen LogP contribution in [0.5, 0.6) is 11.5 Å². The SMILES string of the molecule is COc1ccc(OCC(O)Cn2c(C3CCCC3)nc3ccccc32)c(C(C)(C)C)c1.Cl. The lowest BCUT2D eigenvalue weighted by Crippen LogP contribution is -2.26. The van der Waals surface area contributed by atoms with E-state index in [1.165, 1.54) is 25.7 Å². The molecule has 3 aromatic rings. The van der Waals surface area contributed by atoms with Crippen LogP contribution >= 0.6 is 12.4 Å². The van der Waals surface area contributed by atoms with E-state index in [1.807, 2.05) is 30.3 Å². The van der Waals surface area contributed by atoms with Gasteiger partial charge in [-0.15, -0.1) is 12.4 Å². The van der Waals surface area contributed by atoms with Gasteiger partial charge >= 0.3 is 0 Å². The van der Waals surface area contributed by atoms with Crippen LogP contribution in [-0.2, 0) is 12.0 Å². The molecule has 1 aliphatic rings. The van der Waals surface area contributed by atoms with Gasteiger partial charge in [0.15, 0.2) is 0 Å². The number of imidazole rings is 1. The molecule has 1 fully saturated rings. The third-order valence-corrected chi connectivity index (χ3v) is 6.22. The number of nitrogens with zero attached hydrogens (tertiary/aromatic N) is 2. The van der Waals surface area contributed by atoms with Crippen LogP contribution in [0.2, 0.25) is 0 Å². The van der Waals surface area contributed by atoms with Gasteiger partial charge in [-0.2, -0.15) is 0 Å². The number of hydrogen-bond donors (Lipinski definition) is 1. The second kappa shape index (κ2) is 10.1. The molecule has 5 nitrogen and oxygen atoms in total. The van der Waals surface area contributed by atoms with Crippen LogP contribution in [0.25, 0.3) is 11.0 Å². The normalized spacial score (nSPS) is 15.5. The van der Waals surface area contributed by atoms with Crippen molar-refractivity contribution in [1.82, 2.24) is 9.55 Å². The molecule has 1 aromatic heterocycles. The second-order valence-electron chi connectivity index (χ2n) is 9.63. The number of fused-ring (bicyclic) bond motifs is 1. The number of halogens is 1. The van der Waals surface area contributed by atoms with Gasteiger partial charge in [-0.1, -0.05) is 45.7 Å². The minimum atomic E-state index is -0.632. The summed E-state index contributed by atoms with van der Waals surface area (Å²) in [6.45, 7) is 7.16. The summed E-state index contributed by atoms with van der Waals surface area (Å²) >= 11 is 0. The summed E-state index contributed by atoms with van der Waals surface area (Å²) in [4.78, 5) is 4.93. The summed E-state index contributed by atoms with van der Waals surface area (Å²) in [6.07, 6.45) is 4.24. The van der Waals surface area contributed by atoms with Crippen molar-refractivity contribution in [2.75, 3.05) is 13.7 Å². The molecule has 0 bridgehead atoms. The van der Waals surface area contributed by atoms with Gasteiger partial charge in [0.05, 0.1) is 24.7 Å². The quantitative estimate of drug-likeness (QED) is 0.481. The van der Waals surface area contributed by atoms with Crippen molar-refractivity contribution in [2.45, 2.75) is 70.4 Å². The monoisotopic (exact) mass is 458 g/mol. The van der Waals surface area contributed by atoms with Crippen molar-refractivity contribution < 1.29 is 14.6 Å². The molecule has 1 unspecified atom stereocenters. The van der Waals surface area contributed by atoms with Gasteiger partial charge in [0.2, 0.25) is 0 Å². The van der Waals surface area contributed by atoms with Crippen LogP contribution in [0.1, 0.15) is 63.8 Å². The molecule has 0 amide bonds. The van der Waals surface area contributed by atoms with Crippen molar-refractivity contribution >= 4 is 23.4 Å². The Kier molecular flexibility index (Phi) is 7.73. The Labute approximate surface area is 197 Å². The van der Waals surface area contributed by atoms with E-state index >= 15 is 0 Å². The maximum absolute atomic E-state index is 10.9. The van der Waals surface area contributed by atoms with Crippen molar-refractivity contribution in [3.8, 4) is 11.5 Å². The number of aliphatic hydroxyl groups excluding tert-OH is 1. The Balaban J connectivity index is 0.00000289. The third-order valence-electron chi connectivity index (χ3n) is 6.22. The van der Waals surface area contributed by atoms with E-state index in [9.17, 15) is 5.11 Å². The molecule has 0 spiro atoms. The molecular formula is C26H35ClN2O3. The largest absolute Gasteiger partial charge is 0.497 e. The van der Waals surface area contributed by atoms with Crippen LogP contribution in [0.15, 0.2) is 42.5 Å². The fourth-order valence-electron chi connectivity index (χ4n) is 4.58. The first-order valence-corrected chi connectivity index (χ1v) is 11.3. The molecule has 0 saturated heterocycles. The Bertz CT molecular complexity index is 1040. The maximum Gasteiger partial charge on any atom is 0.123 e. The topological polar surface area (TPSA) is 56.5 Å². The van der Waals surface area contributed by atoms with Gasteiger partial charge in [-0.05, 0) is 48.6 Å². The van der Waals surface area contributed by atoms with E-state index in [1.54, 1.807) is 7.11 Å². The number of aliphatic hydroxyl groups is 1. The summed E-state index contributed by atoms with van der Waals surface area (Å²) in [5.41, 5.74) is 3.06. The highest BCUT2D eigenvalue weighted by atomic mass is 35.5. The van der Waals surface area contributed by atoms with Crippen LogP contribution in [0.4, 0.5) is 0 Å². The number of para-hydroxylation sites is 2. The minimum absolute atomic E-state index is 0. The summed E-state index contributed by atoms with van der Waals surface area (Å²) < 4.78 is 13.7. The lowest BCUT2D eigenvalue weighted by atomic mass is 9.86. The Morgan fingerprint density at radius 3 is 2.53 bits per heavy atom. The molecule has 1 heterocycles. The van der Waals surface area contributed by atoms with Gasteiger partial charge in [0, 0.05) is 11.5 Å². The fraction of sp³-hybridized carbons (Fsp3) is 0.500. The highest BCUT2D eigenvalue weighted by Gasteiger charge is 2.25. The zero-order valence-electron chi connectivity index (χ0n) is 19.5. The van der Waals surface area contributed by atoms with E-state index in [-0.39, 0.29) is 24.4 Å². The van der Waals surface area contributed by atoms with Crippen LogP contribution in [-0.4, -0.2) is 34.5 Å². The van der Waals surface area contributed by atoms with Crippen molar-refractivity contribution in [3.05, 3.63) is 53.9 Å². The number of hydrogen-bond acceptors (Lipinski definition) is 4. The van der Waals surface area contributed by atoms with E-state index in [2.05, 4.69) is 37.5 Å². The number of methoxy groups -OCH3 is 1. The second-order valence-corrected chi connectivity index (χ2v) is 9.63. The van der Waals surface area contributed by atoms with E-state index in [0.29, 0.717) is 12.5 Å². The zero-order chi connectivity index (χ0) is 22.0. The Hall–Kier alpha value is -2.24. The first-order chi connectivity index (χ1) is 14.9. The summed E-state index contributed by atoms with van der Waals surface area (Å²) in [6, 6.07) is 14.1. The van der Waals surface area contributed by atoms with Crippen LogP contribution in [0.3, 0.4) is 0 Å². The van der Waals surface area contributed by atoms with Gasteiger partial charge < -0.3 is 19.1 Å². The van der Waals surface area contributed by atoms with Gasteiger partial charge in [0.1, 0.15) is 30.0 Å². The van der Waals surface area contributed by atoms with Crippen molar-refractivity contribution in [1.29, 1.82) is 0 Å². The zero-order valence-corrected chi connectivity index (χ0v) is 20.3. The Morgan fingerprint density at radius 2 is 1.84 bits per heavy atom. The molecule has 1 saturated carbocycles. The molecule has 0 radical (unpaired) electrons. The lowest BCUT2D eigenvalue weighted by Gasteiger charge is -2.24. The molecule has 32 heavy (non-hydrogen) atoms. The lowest BCUT2D eigenvalue weighted by molar-refractivity contribution is 0.0914. The molecule has 6 heteroatoms. The molecule has 4 rings (SSSR count). The first kappa shape index (κ1) is 24.4. The van der Waals surface area contributed by atoms with E-state index in [0.717, 1.165) is 33.9 Å². The van der Waals surface area contributed by atoms with Crippen LogP contribution < -0.4 is 9.47 Å². The molecule has 1 aliphatic carbocycles. The van der Waals surface area contributed by atoms with Gasteiger partial charge in [0.25, 0.3) is 0 Å². The third kappa shape index (κ3) is 5.21. The standard InChI is InChI=1S/C26H34N2O3.ClH/c1-26(2,3)21-15-20(30-4)13-14-24(21)31-17-19(29)16-28-23-12-8-7-11-22(23)27-25(28)18-9-5-6-10-18;/h7-8,11-15,18-19,29H,5-6,9-10,16-17H2,1-4H3;1H. The minimum Gasteiger partial charge on any atom is -0.497 e. The van der Waals surface area contributed by atoms with E-state index < -0.39 is 6.10 Å². The smallest absolute Gasteiger partial charge is 0.123 e. The number of aromatic nitrogens is 2. The molecule has 1 N–H and O–H groups in total. The summed E-state index contributed by atoms with van der Waals surface area (Å²) in [5.74, 6) is 3.19. The summed E-state index contributed by atoms with van der Waals surface area (Å²) in [7, 11) is 1.67. The van der Waals surface area contributed by atoms with Gasteiger partial charge in [-0.3, -0.25) is 0 Å². The first-order valence-electron chi connectivity index (χ1n) is 11.3. The number of rotatable bonds is 7. The predicted molar refractivity (Wildman–Crippen MR) is 131 cm³/mol. The van der Waals surface area contributed by atoms with Crippen molar-refractivity contribution in [2.24, 2.45) is 0 Å². The molecule has 1 atom stereocenters. The highest BCUT2D eigenvalue weighted by molar-refractivity contribution is 5.85. The average molecular weight is 459 g/mol. The predicted octanol–water partition coefficient (Wildman–Crippen LogP) is 5.86. The number of benzene rings is 2. The fourth-order valence-corrected chi connectivity index (χ4v) is 4.58. The average Bonchev–Trinajstić information content (AvgIpc) is 3.40.